The monoisotopic (exact) mass is 264 g/mol. The normalized spacial score (nSPS) is 14.4. The second-order valence-corrected chi connectivity index (χ2v) is 5.37. The lowest BCUT2D eigenvalue weighted by atomic mass is 9.98. The molecule has 0 radical (unpaired) electrons. The fourth-order valence-electron chi connectivity index (χ4n) is 2.81. The van der Waals surface area contributed by atoms with Gasteiger partial charge >= 0.3 is 0 Å². The number of aryl methyl sites for hydroxylation is 1. The molecule has 100 valence electrons. The smallest absolute Gasteiger partial charge is 0.168 e. The average Bonchev–Trinajstić information content (AvgIpc) is 2.89. The van der Waals surface area contributed by atoms with Crippen LogP contribution in [0.4, 0.5) is 0 Å². The van der Waals surface area contributed by atoms with E-state index in [1.165, 1.54) is 16.7 Å². The van der Waals surface area contributed by atoms with E-state index >= 15 is 0 Å². The fourth-order valence-corrected chi connectivity index (χ4v) is 2.81. The van der Waals surface area contributed by atoms with E-state index in [1.54, 1.807) is 0 Å². The summed E-state index contributed by atoms with van der Waals surface area (Å²) in [5.41, 5.74) is 6.04. The standard InChI is InChI=1S/C16H16N4/c1-11-5-7-20-15(8-11)18-19-16(20)13-3-2-12-4-6-17-10-14(12)9-13/h2-3,5,7-9,17H,4,6,10H2,1H3. The van der Waals surface area contributed by atoms with E-state index in [-0.39, 0.29) is 0 Å². The van der Waals surface area contributed by atoms with Gasteiger partial charge in [-0.1, -0.05) is 12.1 Å². The Labute approximate surface area is 117 Å². The summed E-state index contributed by atoms with van der Waals surface area (Å²) in [6.07, 6.45) is 3.15. The van der Waals surface area contributed by atoms with Gasteiger partial charge in [0.05, 0.1) is 0 Å². The van der Waals surface area contributed by atoms with Crippen molar-refractivity contribution in [2.24, 2.45) is 0 Å². The van der Waals surface area contributed by atoms with Crippen molar-refractivity contribution in [1.29, 1.82) is 0 Å². The van der Waals surface area contributed by atoms with Crippen molar-refractivity contribution in [3.8, 4) is 11.4 Å². The lowest BCUT2D eigenvalue weighted by Crippen LogP contribution is -2.23. The van der Waals surface area contributed by atoms with Gasteiger partial charge in [-0.3, -0.25) is 4.40 Å². The van der Waals surface area contributed by atoms with E-state index in [0.717, 1.165) is 36.5 Å². The molecule has 20 heavy (non-hydrogen) atoms. The van der Waals surface area contributed by atoms with Gasteiger partial charge in [-0.25, -0.2) is 0 Å². The lowest BCUT2D eigenvalue weighted by molar-refractivity contribution is 0.644. The van der Waals surface area contributed by atoms with Gasteiger partial charge in [0.15, 0.2) is 11.5 Å². The van der Waals surface area contributed by atoms with Crippen molar-refractivity contribution in [1.82, 2.24) is 19.9 Å². The molecule has 0 fully saturated rings. The molecule has 0 saturated heterocycles. The topological polar surface area (TPSA) is 42.2 Å². The van der Waals surface area contributed by atoms with Crippen LogP contribution >= 0.6 is 0 Å². The molecule has 4 rings (SSSR count). The quantitative estimate of drug-likeness (QED) is 0.733. The van der Waals surface area contributed by atoms with E-state index in [1.807, 2.05) is 10.6 Å². The highest BCUT2D eigenvalue weighted by Gasteiger charge is 2.13. The van der Waals surface area contributed by atoms with Crippen LogP contribution in [0.5, 0.6) is 0 Å². The Bertz CT molecular complexity index is 788. The number of nitrogens with zero attached hydrogens (tertiary/aromatic N) is 3. The number of rotatable bonds is 1. The van der Waals surface area contributed by atoms with Crippen LogP contribution in [0.25, 0.3) is 17.0 Å². The minimum absolute atomic E-state index is 0.899. The van der Waals surface area contributed by atoms with Crippen molar-refractivity contribution in [3.05, 3.63) is 53.2 Å². The molecule has 1 N–H and O–H groups in total. The zero-order valence-corrected chi connectivity index (χ0v) is 11.4. The Balaban J connectivity index is 1.86. The van der Waals surface area contributed by atoms with Crippen molar-refractivity contribution < 1.29 is 0 Å². The Morgan fingerprint density at radius 3 is 3.00 bits per heavy atom. The molecule has 1 aliphatic rings. The third-order valence-electron chi connectivity index (χ3n) is 3.92. The maximum absolute atomic E-state index is 4.35. The van der Waals surface area contributed by atoms with Gasteiger partial charge in [0.1, 0.15) is 0 Å². The Morgan fingerprint density at radius 2 is 2.05 bits per heavy atom. The third-order valence-corrected chi connectivity index (χ3v) is 3.92. The van der Waals surface area contributed by atoms with E-state index in [2.05, 4.69) is 52.8 Å². The van der Waals surface area contributed by atoms with Gasteiger partial charge in [0.25, 0.3) is 0 Å². The molecule has 0 unspecified atom stereocenters. The van der Waals surface area contributed by atoms with Gasteiger partial charge in [-0.05, 0) is 54.8 Å². The molecule has 1 aliphatic heterocycles. The molecular weight excluding hydrogens is 248 g/mol. The van der Waals surface area contributed by atoms with Gasteiger partial charge in [-0.2, -0.15) is 0 Å². The van der Waals surface area contributed by atoms with Gasteiger partial charge in [0, 0.05) is 18.3 Å². The van der Waals surface area contributed by atoms with E-state index in [0.29, 0.717) is 0 Å². The summed E-state index contributed by atoms with van der Waals surface area (Å²) < 4.78 is 2.05. The minimum Gasteiger partial charge on any atom is -0.312 e. The zero-order valence-electron chi connectivity index (χ0n) is 11.4. The van der Waals surface area contributed by atoms with Crippen LogP contribution in [0, 0.1) is 6.92 Å². The zero-order chi connectivity index (χ0) is 13.5. The molecule has 0 amide bonds. The second kappa shape index (κ2) is 4.42. The molecule has 0 aliphatic carbocycles. The highest BCUT2D eigenvalue weighted by Crippen LogP contribution is 2.23. The first-order valence-electron chi connectivity index (χ1n) is 6.95. The Kier molecular flexibility index (Phi) is 2.57. The first kappa shape index (κ1) is 11.6. The van der Waals surface area contributed by atoms with Gasteiger partial charge in [0.2, 0.25) is 0 Å². The van der Waals surface area contributed by atoms with Crippen LogP contribution in [0.2, 0.25) is 0 Å². The Morgan fingerprint density at radius 1 is 1.10 bits per heavy atom. The van der Waals surface area contributed by atoms with E-state index in [4.69, 9.17) is 0 Å². The van der Waals surface area contributed by atoms with Crippen molar-refractivity contribution in [2.75, 3.05) is 6.54 Å². The summed E-state index contributed by atoms with van der Waals surface area (Å²) in [6, 6.07) is 10.7. The third kappa shape index (κ3) is 1.80. The predicted molar refractivity (Wildman–Crippen MR) is 78.6 cm³/mol. The highest BCUT2D eigenvalue weighted by molar-refractivity contribution is 5.61. The number of benzene rings is 1. The molecule has 0 saturated carbocycles. The lowest BCUT2D eigenvalue weighted by Gasteiger charge is -2.17. The highest BCUT2D eigenvalue weighted by atomic mass is 15.2. The van der Waals surface area contributed by atoms with Crippen LogP contribution in [-0.4, -0.2) is 21.1 Å². The molecule has 0 spiro atoms. The second-order valence-electron chi connectivity index (χ2n) is 5.37. The van der Waals surface area contributed by atoms with E-state index < -0.39 is 0 Å². The average molecular weight is 264 g/mol. The van der Waals surface area contributed by atoms with Crippen LogP contribution in [0.3, 0.4) is 0 Å². The fraction of sp³-hybridized carbons (Fsp3) is 0.250. The van der Waals surface area contributed by atoms with Crippen molar-refractivity contribution in [3.63, 3.8) is 0 Å². The molecule has 3 aromatic rings. The first-order chi connectivity index (χ1) is 9.81. The maximum atomic E-state index is 4.35. The summed E-state index contributed by atoms with van der Waals surface area (Å²) in [6.45, 7) is 4.08. The van der Waals surface area contributed by atoms with Gasteiger partial charge < -0.3 is 5.32 Å². The number of nitrogens with one attached hydrogen (secondary N) is 1. The molecule has 4 nitrogen and oxygen atoms in total. The van der Waals surface area contributed by atoms with Crippen LogP contribution in [0.1, 0.15) is 16.7 Å². The van der Waals surface area contributed by atoms with Gasteiger partial charge in [-0.15, -0.1) is 10.2 Å². The summed E-state index contributed by atoms with van der Waals surface area (Å²) in [7, 11) is 0. The molecular formula is C16H16N4. The van der Waals surface area contributed by atoms with Crippen LogP contribution < -0.4 is 5.32 Å². The van der Waals surface area contributed by atoms with Crippen LogP contribution in [-0.2, 0) is 13.0 Å². The number of aromatic nitrogens is 3. The van der Waals surface area contributed by atoms with Crippen molar-refractivity contribution >= 4 is 5.65 Å². The van der Waals surface area contributed by atoms with Crippen molar-refractivity contribution in [2.45, 2.75) is 19.9 Å². The summed E-state index contributed by atoms with van der Waals surface area (Å²) in [5.74, 6) is 0.911. The Hall–Kier alpha value is -2.20. The summed E-state index contributed by atoms with van der Waals surface area (Å²) >= 11 is 0. The molecule has 0 atom stereocenters. The maximum Gasteiger partial charge on any atom is 0.168 e. The first-order valence-corrected chi connectivity index (χ1v) is 6.95. The number of hydrogen-bond donors (Lipinski definition) is 1. The molecule has 1 aromatic carbocycles. The minimum atomic E-state index is 0.899. The summed E-state index contributed by atoms with van der Waals surface area (Å²) in [4.78, 5) is 0. The molecule has 2 aromatic heterocycles. The van der Waals surface area contributed by atoms with E-state index in [9.17, 15) is 0 Å². The summed E-state index contributed by atoms with van der Waals surface area (Å²) in [5, 5.41) is 12.0. The molecule has 3 heterocycles. The number of fused-ring (bicyclic) bond motifs is 2. The SMILES string of the molecule is Cc1ccn2c(-c3ccc4c(c3)CNCC4)nnc2c1. The predicted octanol–water partition coefficient (Wildman–Crippen LogP) is 2.35. The molecule has 4 heteroatoms. The molecule has 0 bridgehead atoms. The number of pyridine rings is 1. The number of hydrogen-bond acceptors (Lipinski definition) is 3. The largest absolute Gasteiger partial charge is 0.312 e. The van der Waals surface area contributed by atoms with Crippen LogP contribution in [0.15, 0.2) is 36.5 Å².